The van der Waals surface area contributed by atoms with Crippen molar-refractivity contribution in [2.24, 2.45) is 0 Å². The van der Waals surface area contributed by atoms with Gasteiger partial charge in [-0.2, -0.15) is 0 Å². The van der Waals surface area contributed by atoms with E-state index in [0.29, 0.717) is 12.8 Å². The number of aliphatic carboxylic acids is 1. The molecule has 0 aromatic carbocycles. The fourth-order valence-electron chi connectivity index (χ4n) is 15.7. The molecule has 0 aliphatic carbocycles. The molecule has 6 aliphatic rings. The van der Waals surface area contributed by atoms with Crippen LogP contribution in [0, 0.1) is 0 Å². The summed E-state index contributed by atoms with van der Waals surface area (Å²) in [6.07, 6.45) is -27.5. The van der Waals surface area contributed by atoms with E-state index in [1.54, 1.807) is 6.08 Å². The van der Waals surface area contributed by atoms with E-state index in [1.807, 2.05) is 0 Å². The van der Waals surface area contributed by atoms with Crippen molar-refractivity contribution >= 4 is 23.7 Å². The van der Waals surface area contributed by atoms with Crippen molar-refractivity contribution in [3.8, 4) is 0 Å². The summed E-state index contributed by atoms with van der Waals surface area (Å²) in [7, 11) is 0. The maximum absolute atomic E-state index is 14.0. The Balaban J connectivity index is 1.27. The first-order valence-electron chi connectivity index (χ1n) is 42.5. The van der Waals surface area contributed by atoms with Crippen LogP contribution < -0.4 is 16.0 Å². The number of rotatable bonds is 54. The summed E-state index contributed by atoms with van der Waals surface area (Å²) in [4.78, 5) is 53.6. The minimum atomic E-state index is -3.44. The molecule has 0 radical (unpaired) electrons. The van der Waals surface area contributed by atoms with Crippen LogP contribution in [-0.2, 0) is 76.0 Å². The number of ether oxygens (including phenoxy) is 12. The third-order valence-corrected chi connectivity index (χ3v) is 22.7. The number of carbonyl (C=O) groups is 4. The first-order valence-corrected chi connectivity index (χ1v) is 42.5. The van der Waals surface area contributed by atoms with E-state index in [1.165, 1.54) is 109 Å². The minimum Gasteiger partial charge on any atom is -0.477 e. The highest BCUT2D eigenvalue weighted by Crippen LogP contribution is 2.42. The fourth-order valence-corrected chi connectivity index (χ4v) is 15.7. The first kappa shape index (κ1) is 102. The lowest BCUT2D eigenvalue weighted by Crippen LogP contribution is -2.72. The van der Waals surface area contributed by atoms with Crippen LogP contribution in [0.1, 0.15) is 221 Å². The molecule has 38 heteroatoms. The van der Waals surface area contributed by atoms with E-state index in [0.717, 1.165) is 78.1 Å². The number of amides is 3. The van der Waals surface area contributed by atoms with Gasteiger partial charge in [-0.25, -0.2) is 4.79 Å². The SMILES string of the molecule is CCCCCCCCCCCCC/C=C/[C@@H](O)[C@H](CO[C@@H]1O[C@H](CO)[C@@H](O[C@@H]2O[C@H](CO)[C@H](O[C@@H]3O[C@H](CO)[C@H](O)[C@H](O[C@@H]4O[C@H](CO)[C@H](O)[C@H](O)[C@H]4O[C@@H]4O[C@@H](C)[C@@H](O)[C@@H](O)[C@@H]4O)[C@H]3NC(C)=O)[C@H](O[C@]3(C(=O)O)C[C@H](O)[C@@H](NC(C)=O)[C@H]([C@H](O)[C@H](O)CO)O3)[C@H]2O)[C@H](O)[C@H]1O)NC(=O)CCCCCCCCCCCCCCCCC. The van der Waals surface area contributed by atoms with Crippen LogP contribution in [-0.4, -0.2) is 362 Å². The van der Waals surface area contributed by atoms with Gasteiger partial charge in [-0.15, -0.1) is 0 Å². The van der Waals surface area contributed by atoms with Gasteiger partial charge in [0.25, 0.3) is 5.79 Å². The van der Waals surface area contributed by atoms with E-state index in [4.69, 9.17) is 56.8 Å². The predicted octanol–water partition coefficient (Wildman–Crippen LogP) is -2.19. The quantitative estimate of drug-likeness (QED) is 0.0227. The zero-order valence-electron chi connectivity index (χ0n) is 68.4. The molecule has 6 fully saturated rings. The number of aliphatic hydroxyl groups excluding tert-OH is 18. The number of aliphatic hydroxyl groups is 18. The van der Waals surface area contributed by atoms with Crippen LogP contribution in [0.5, 0.6) is 0 Å². The zero-order chi connectivity index (χ0) is 86.1. The van der Waals surface area contributed by atoms with Gasteiger partial charge in [0.05, 0.1) is 70.0 Å². The van der Waals surface area contributed by atoms with Crippen LogP contribution in [0.4, 0.5) is 0 Å². The number of carbonyl (C=O) groups excluding carboxylic acids is 3. The Morgan fingerprint density at radius 2 is 0.906 bits per heavy atom. The molecule has 0 unspecified atom stereocenters. The summed E-state index contributed by atoms with van der Waals surface area (Å²) in [6, 6.07) is -4.98. The van der Waals surface area contributed by atoms with Crippen LogP contribution in [0.2, 0.25) is 0 Å². The van der Waals surface area contributed by atoms with E-state index < -0.39 is 272 Å². The Morgan fingerprint density at radius 1 is 0.462 bits per heavy atom. The van der Waals surface area contributed by atoms with Gasteiger partial charge in [-0.3, -0.25) is 14.4 Å². The summed E-state index contributed by atoms with van der Waals surface area (Å²) in [5.74, 6) is -7.89. The summed E-state index contributed by atoms with van der Waals surface area (Å²) >= 11 is 0. The molecule has 682 valence electrons. The molecule has 0 bridgehead atoms. The number of hydrogen-bond acceptors (Lipinski definition) is 34. The summed E-state index contributed by atoms with van der Waals surface area (Å²) in [5.41, 5.74) is 0. The normalized spacial score (nSPS) is 36.6. The third-order valence-electron chi connectivity index (χ3n) is 22.7. The van der Waals surface area contributed by atoms with Crippen LogP contribution in [0.3, 0.4) is 0 Å². The molecule has 117 heavy (non-hydrogen) atoms. The highest BCUT2D eigenvalue weighted by atomic mass is 16.8. The molecule has 33 atom stereocenters. The number of carboxylic acid groups (broad SMARTS) is 1. The standard InChI is InChI=1S/C79H141N3O35/c1-6-8-10-12-14-16-18-20-21-23-25-27-29-31-33-35-54(93)82-46(47(90)34-32-30-28-26-24-22-19-17-15-13-11-9-7-2)42-106-74-65(102)63(100)67(52(40-86)110-74)112-76-66(103)71(117-79(78(104)105)36-48(91)55(80-44(4)88)70(116-79)58(95)49(92)37-83)68(53(41-87)111-76)113-73-56(81-45(5)89)69(60(97)51(39-85)108-73)114-77-72(62(99)59(96)50(38-84)109-77)115-75-64(101)61(98)57(94)43(3)107-75/h32,34,43,46-53,55-77,83-87,90-92,94-103H,6-31,33,35-42H2,1-5H3,(H,80,88)(H,81,89)(H,82,93)(H,104,105)/b34-32+/t43-,46-,47+,48-,49+,50+,51+,52+,53+,55+,56+,57+,58+,59-,60-,61+,62-,63+,64-,65+,66+,67+,68-,69+,70+,71+,72+,73-,74+,75-,76-,77-,79-/m0/s1. The van der Waals surface area contributed by atoms with Gasteiger partial charge in [-0.05, 0) is 26.2 Å². The minimum absolute atomic E-state index is 0.118. The second-order valence-electron chi connectivity index (χ2n) is 32.1. The van der Waals surface area contributed by atoms with E-state index in [2.05, 4.69) is 29.8 Å². The lowest BCUT2D eigenvalue weighted by Gasteiger charge is -2.53. The van der Waals surface area contributed by atoms with Crippen molar-refractivity contribution in [3.05, 3.63) is 12.2 Å². The van der Waals surface area contributed by atoms with Crippen molar-refractivity contribution in [1.29, 1.82) is 0 Å². The van der Waals surface area contributed by atoms with Gasteiger partial charge in [0.2, 0.25) is 17.7 Å². The summed E-state index contributed by atoms with van der Waals surface area (Å²) in [6.45, 7) is 1.26. The highest BCUT2D eigenvalue weighted by molar-refractivity contribution is 5.77. The van der Waals surface area contributed by atoms with E-state index >= 15 is 0 Å². The molecule has 0 aromatic rings. The average Bonchev–Trinajstić information content (AvgIpc) is 0.748. The van der Waals surface area contributed by atoms with Crippen molar-refractivity contribution < 1.29 is 173 Å². The molecule has 6 rings (SSSR count). The molecule has 22 N–H and O–H groups in total. The van der Waals surface area contributed by atoms with Gasteiger partial charge in [-0.1, -0.05) is 180 Å². The lowest BCUT2D eigenvalue weighted by atomic mass is 9.88. The topological polar surface area (TPSA) is 600 Å². The third kappa shape index (κ3) is 30.4. The Labute approximate surface area is 684 Å². The molecule has 6 heterocycles. The Kier molecular flexibility index (Phi) is 46.2. The van der Waals surface area contributed by atoms with Gasteiger partial charge < -0.3 is 170 Å². The van der Waals surface area contributed by atoms with Crippen LogP contribution in [0.15, 0.2) is 12.2 Å². The van der Waals surface area contributed by atoms with Crippen molar-refractivity contribution in [3.63, 3.8) is 0 Å². The summed E-state index contributed by atoms with van der Waals surface area (Å²) < 4.78 is 72.6. The predicted molar refractivity (Wildman–Crippen MR) is 410 cm³/mol. The van der Waals surface area contributed by atoms with Gasteiger partial charge >= 0.3 is 5.97 Å². The molecule has 6 saturated heterocycles. The monoisotopic (exact) mass is 1690 g/mol. The second-order valence-corrected chi connectivity index (χ2v) is 32.1. The van der Waals surface area contributed by atoms with Crippen LogP contribution >= 0.6 is 0 Å². The number of allylic oxidation sites excluding steroid dienone is 1. The number of carboxylic acids is 1. The zero-order valence-corrected chi connectivity index (χ0v) is 68.4. The maximum atomic E-state index is 14.0. The van der Waals surface area contributed by atoms with Crippen molar-refractivity contribution in [2.45, 2.75) is 423 Å². The molecule has 0 spiro atoms. The molecule has 38 nitrogen and oxygen atoms in total. The van der Waals surface area contributed by atoms with Crippen molar-refractivity contribution in [1.82, 2.24) is 16.0 Å². The maximum Gasteiger partial charge on any atom is 0.364 e. The second kappa shape index (κ2) is 52.9. The first-order chi connectivity index (χ1) is 56.0. The number of hydrogen-bond donors (Lipinski definition) is 22. The van der Waals surface area contributed by atoms with Gasteiger partial charge in [0.15, 0.2) is 31.5 Å². The Hall–Kier alpha value is -3.58. The Bertz CT molecular complexity index is 2810. The van der Waals surface area contributed by atoms with E-state index in [9.17, 15) is 116 Å². The average molecular weight is 1690 g/mol. The van der Waals surface area contributed by atoms with E-state index in [-0.39, 0.29) is 6.42 Å². The molecule has 6 aliphatic heterocycles. The lowest BCUT2D eigenvalue weighted by molar-refractivity contribution is -0.405. The van der Waals surface area contributed by atoms with Crippen LogP contribution in [0.25, 0.3) is 0 Å². The Morgan fingerprint density at radius 3 is 1.44 bits per heavy atom. The number of nitrogens with one attached hydrogen (secondary N) is 3. The molecule has 0 aromatic heterocycles. The fraction of sp³-hybridized carbons (Fsp3) is 0.924. The smallest absolute Gasteiger partial charge is 0.364 e. The van der Waals surface area contributed by atoms with Gasteiger partial charge in [0.1, 0.15) is 134 Å². The highest BCUT2D eigenvalue weighted by Gasteiger charge is 2.63. The van der Waals surface area contributed by atoms with Crippen molar-refractivity contribution in [2.75, 3.05) is 39.6 Å². The largest absolute Gasteiger partial charge is 0.477 e. The molecular weight excluding hydrogens is 1550 g/mol. The molecule has 0 saturated carbocycles. The molecule has 3 amide bonds. The van der Waals surface area contributed by atoms with Gasteiger partial charge in [0, 0.05) is 26.7 Å². The summed E-state index contributed by atoms with van der Waals surface area (Å²) in [5, 5.41) is 221. The number of unbranched alkanes of at least 4 members (excludes halogenated alkanes) is 25. The molecular formula is C79H141N3O35.